The molecule has 124 valence electrons. The SMILES string of the molecule is CS(=O)(=O)N1CC2(COc3cc4c(cc32)OCO4)c2ccccc21. The first-order chi connectivity index (χ1) is 11.5. The molecule has 0 aliphatic carbocycles. The van der Waals surface area contributed by atoms with E-state index in [9.17, 15) is 8.42 Å². The number of nitrogens with zero attached hydrogens (tertiary/aromatic N) is 1. The van der Waals surface area contributed by atoms with Crippen LogP contribution >= 0.6 is 0 Å². The third-order valence-corrected chi connectivity index (χ3v) is 6.09. The number of sulfonamides is 1. The molecule has 0 N–H and O–H groups in total. The second-order valence-corrected chi connectivity index (χ2v) is 8.27. The zero-order valence-electron chi connectivity index (χ0n) is 13.0. The van der Waals surface area contributed by atoms with Crippen molar-refractivity contribution in [1.29, 1.82) is 0 Å². The summed E-state index contributed by atoms with van der Waals surface area (Å²) in [5.41, 5.74) is 2.11. The number of benzene rings is 2. The van der Waals surface area contributed by atoms with Gasteiger partial charge in [0.25, 0.3) is 0 Å². The minimum absolute atomic E-state index is 0.192. The lowest BCUT2D eigenvalue weighted by molar-refractivity contribution is 0.173. The van der Waals surface area contributed by atoms with Gasteiger partial charge in [-0.1, -0.05) is 18.2 Å². The summed E-state index contributed by atoms with van der Waals surface area (Å²) in [5, 5.41) is 0. The summed E-state index contributed by atoms with van der Waals surface area (Å²) >= 11 is 0. The summed E-state index contributed by atoms with van der Waals surface area (Å²) < 4.78 is 42.8. The molecular weight excluding hydrogens is 330 g/mol. The number of hydrogen-bond acceptors (Lipinski definition) is 5. The van der Waals surface area contributed by atoms with E-state index in [1.54, 1.807) is 0 Å². The molecule has 0 saturated heterocycles. The van der Waals surface area contributed by atoms with Crippen molar-refractivity contribution in [3.63, 3.8) is 0 Å². The molecule has 0 aromatic heterocycles. The Morgan fingerprint density at radius 1 is 1.00 bits per heavy atom. The average molecular weight is 345 g/mol. The first kappa shape index (κ1) is 14.0. The quantitative estimate of drug-likeness (QED) is 0.789. The molecule has 3 heterocycles. The van der Waals surface area contributed by atoms with Crippen LogP contribution in [-0.2, 0) is 15.4 Å². The molecule has 0 saturated carbocycles. The third kappa shape index (κ3) is 1.67. The number of rotatable bonds is 1. The van der Waals surface area contributed by atoms with E-state index in [0.29, 0.717) is 30.3 Å². The van der Waals surface area contributed by atoms with Gasteiger partial charge in [0.2, 0.25) is 16.8 Å². The molecule has 3 aliphatic heterocycles. The van der Waals surface area contributed by atoms with Crippen LogP contribution in [0.4, 0.5) is 5.69 Å². The highest BCUT2D eigenvalue weighted by Crippen LogP contribution is 2.54. The van der Waals surface area contributed by atoms with Gasteiger partial charge < -0.3 is 14.2 Å². The fraction of sp³-hybridized carbons (Fsp3) is 0.294. The normalized spacial score (nSPS) is 23.3. The molecule has 7 heteroatoms. The Balaban J connectivity index is 1.75. The van der Waals surface area contributed by atoms with Crippen molar-refractivity contribution in [2.75, 3.05) is 30.5 Å². The monoisotopic (exact) mass is 345 g/mol. The molecule has 2 aromatic carbocycles. The first-order valence-corrected chi connectivity index (χ1v) is 9.48. The lowest BCUT2D eigenvalue weighted by Gasteiger charge is -2.24. The Morgan fingerprint density at radius 3 is 2.54 bits per heavy atom. The molecule has 1 unspecified atom stereocenters. The van der Waals surface area contributed by atoms with Crippen molar-refractivity contribution in [3.05, 3.63) is 47.5 Å². The van der Waals surface area contributed by atoms with Crippen LogP contribution in [0.1, 0.15) is 11.1 Å². The van der Waals surface area contributed by atoms with E-state index in [2.05, 4.69) is 0 Å². The van der Waals surface area contributed by atoms with E-state index in [1.165, 1.54) is 10.6 Å². The largest absolute Gasteiger partial charge is 0.492 e. The predicted octanol–water partition coefficient (Wildman–Crippen LogP) is 1.87. The highest BCUT2D eigenvalue weighted by Gasteiger charge is 2.52. The van der Waals surface area contributed by atoms with Gasteiger partial charge in [-0.2, -0.15) is 0 Å². The molecule has 0 radical (unpaired) electrons. The van der Waals surface area contributed by atoms with Crippen LogP contribution in [0.15, 0.2) is 36.4 Å². The Labute approximate surface area is 139 Å². The molecule has 0 bridgehead atoms. The van der Waals surface area contributed by atoms with Gasteiger partial charge in [-0.15, -0.1) is 0 Å². The fourth-order valence-corrected chi connectivity index (χ4v) is 4.83. The second kappa shape index (κ2) is 4.36. The van der Waals surface area contributed by atoms with Gasteiger partial charge in [0.1, 0.15) is 12.4 Å². The van der Waals surface area contributed by atoms with Gasteiger partial charge in [0.15, 0.2) is 11.5 Å². The van der Waals surface area contributed by atoms with Crippen LogP contribution in [0.5, 0.6) is 17.2 Å². The predicted molar refractivity (Wildman–Crippen MR) is 87.5 cm³/mol. The van der Waals surface area contributed by atoms with Crippen LogP contribution in [0.3, 0.4) is 0 Å². The summed E-state index contributed by atoms with van der Waals surface area (Å²) in [4.78, 5) is 0. The van der Waals surface area contributed by atoms with Gasteiger partial charge in [-0.3, -0.25) is 4.31 Å². The Hall–Kier alpha value is -2.41. The Kier molecular flexibility index (Phi) is 2.54. The van der Waals surface area contributed by atoms with Crippen LogP contribution in [-0.4, -0.2) is 34.6 Å². The smallest absolute Gasteiger partial charge is 0.232 e. The average Bonchev–Trinajstić information content (AvgIpc) is 3.23. The number of fused-ring (bicyclic) bond motifs is 5. The summed E-state index contributed by atoms with van der Waals surface area (Å²) in [5.74, 6) is 2.07. The molecule has 24 heavy (non-hydrogen) atoms. The number of para-hydroxylation sites is 1. The molecule has 0 fully saturated rings. The van der Waals surface area contributed by atoms with Crippen molar-refractivity contribution in [2.24, 2.45) is 0 Å². The minimum atomic E-state index is -3.37. The molecule has 1 atom stereocenters. The summed E-state index contributed by atoms with van der Waals surface area (Å²) in [6.45, 7) is 0.920. The van der Waals surface area contributed by atoms with Gasteiger partial charge in [-0.05, 0) is 17.7 Å². The summed E-state index contributed by atoms with van der Waals surface area (Å²) in [6.07, 6.45) is 1.24. The highest BCUT2D eigenvalue weighted by molar-refractivity contribution is 7.92. The van der Waals surface area contributed by atoms with Crippen molar-refractivity contribution < 1.29 is 22.6 Å². The van der Waals surface area contributed by atoms with Crippen LogP contribution in [0.25, 0.3) is 0 Å². The lowest BCUT2D eigenvalue weighted by atomic mass is 9.78. The van der Waals surface area contributed by atoms with Gasteiger partial charge in [0, 0.05) is 11.6 Å². The van der Waals surface area contributed by atoms with Crippen molar-refractivity contribution in [1.82, 2.24) is 0 Å². The van der Waals surface area contributed by atoms with Crippen LogP contribution in [0, 0.1) is 0 Å². The van der Waals surface area contributed by atoms with E-state index in [-0.39, 0.29) is 6.79 Å². The molecule has 6 nitrogen and oxygen atoms in total. The highest BCUT2D eigenvalue weighted by atomic mass is 32.2. The van der Waals surface area contributed by atoms with Crippen molar-refractivity contribution in [2.45, 2.75) is 5.41 Å². The van der Waals surface area contributed by atoms with Crippen molar-refractivity contribution >= 4 is 15.7 Å². The summed E-state index contributed by atoms with van der Waals surface area (Å²) in [6, 6.07) is 11.4. The van der Waals surface area contributed by atoms with Gasteiger partial charge in [0.05, 0.1) is 23.9 Å². The molecule has 3 aliphatic rings. The van der Waals surface area contributed by atoms with Crippen molar-refractivity contribution in [3.8, 4) is 17.2 Å². The molecule has 2 aromatic rings. The van der Waals surface area contributed by atoms with E-state index in [0.717, 1.165) is 16.9 Å². The molecule has 0 amide bonds. The lowest BCUT2D eigenvalue weighted by Crippen LogP contribution is -2.38. The van der Waals surface area contributed by atoms with E-state index in [4.69, 9.17) is 14.2 Å². The number of ether oxygens (including phenoxy) is 3. The van der Waals surface area contributed by atoms with Crippen LogP contribution < -0.4 is 18.5 Å². The minimum Gasteiger partial charge on any atom is -0.492 e. The first-order valence-electron chi connectivity index (χ1n) is 7.63. The maximum Gasteiger partial charge on any atom is 0.232 e. The van der Waals surface area contributed by atoms with Gasteiger partial charge >= 0.3 is 0 Å². The zero-order valence-corrected chi connectivity index (χ0v) is 13.8. The number of hydrogen-bond donors (Lipinski definition) is 0. The maximum atomic E-state index is 12.3. The standard InChI is InChI=1S/C17H15NO5S/c1-24(19,20)18-8-17(11-4-2-3-5-13(11)18)9-21-14-7-16-15(6-12(14)17)22-10-23-16/h2-7H,8-10H2,1H3. The topological polar surface area (TPSA) is 65.1 Å². The second-order valence-electron chi connectivity index (χ2n) is 6.36. The fourth-order valence-electron chi connectivity index (χ4n) is 3.86. The van der Waals surface area contributed by atoms with E-state index >= 15 is 0 Å². The van der Waals surface area contributed by atoms with Gasteiger partial charge in [-0.25, -0.2) is 8.42 Å². The van der Waals surface area contributed by atoms with E-state index in [1.807, 2.05) is 36.4 Å². The molecule has 1 spiro atoms. The summed E-state index contributed by atoms with van der Waals surface area (Å²) in [7, 11) is -3.37. The molecular formula is C17H15NO5S. The maximum absolute atomic E-state index is 12.3. The zero-order chi connectivity index (χ0) is 16.5. The van der Waals surface area contributed by atoms with E-state index < -0.39 is 15.4 Å². The van der Waals surface area contributed by atoms with Crippen LogP contribution in [0.2, 0.25) is 0 Å². The Morgan fingerprint density at radius 2 is 1.75 bits per heavy atom. The number of anilines is 1. The molecule has 5 rings (SSSR count). The third-order valence-electron chi connectivity index (χ3n) is 4.97. The Bertz CT molecular complexity index is 971.